The van der Waals surface area contributed by atoms with Gasteiger partial charge in [0.25, 0.3) is 3.79 Å². The number of halogens is 3. The van der Waals surface area contributed by atoms with E-state index in [0.717, 1.165) is 48.5 Å². The fourth-order valence-electron chi connectivity index (χ4n) is 4.78. The van der Waals surface area contributed by atoms with Gasteiger partial charge in [0.05, 0.1) is 6.61 Å². The molecule has 2 fully saturated rings. The first-order chi connectivity index (χ1) is 23.1. The molecule has 2 aliphatic rings. The topological polar surface area (TPSA) is 245 Å². The van der Waals surface area contributed by atoms with Crippen LogP contribution in [-0.4, -0.2) is 126 Å². The van der Waals surface area contributed by atoms with Gasteiger partial charge < -0.3 is 52.1 Å². The van der Waals surface area contributed by atoms with Gasteiger partial charge in [-0.1, -0.05) is 34.8 Å². The molecule has 50 heavy (non-hydrogen) atoms. The molecule has 2 heterocycles. The predicted molar refractivity (Wildman–Crippen MR) is 162 cm³/mol. The highest BCUT2D eigenvalue weighted by Crippen LogP contribution is 2.35. The van der Waals surface area contributed by atoms with Crippen molar-refractivity contribution in [1.82, 2.24) is 0 Å². The molecule has 0 amide bonds. The van der Waals surface area contributed by atoms with Gasteiger partial charge in [-0.15, -0.1) is 0 Å². The lowest BCUT2D eigenvalue weighted by Gasteiger charge is -2.46. The smallest absolute Gasteiger partial charge is 0.303 e. The SMILES string of the molecule is CC(=O)OC[C@H]1O[C@@H](OC[C@H]2OC(OC(=N)C(Cl)(Cl)Cl)[C@H](OC(C)=O)[C@@H](OC(C)=O)[C@@H]2OC(C)=O)[C@H](OC(C)=O)[C@@H](OC(C)=O)[C@@H]1OC(C)=O. The zero-order valence-corrected chi connectivity index (χ0v) is 29.9. The van der Waals surface area contributed by atoms with Crippen LogP contribution in [0, 0.1) is 5.41 Å². The van der Waals surface area contributed by atoms with E-state index < -0.39 is 126 Å². The number of nitrogens with one attached hydrogen (secondary N) is 1. The third kappa shape index (κ3) is 13.0. The molecule has 22 heteroatoms. The molecule has 0 aliphatic carbocycles. The van der Waals surface area contributed by atoms with Crippen LogP contribution in [0.2, 0.25) is 0 Å². The second-order valence-electron chi connectivity index (χ2n) is 10.6. The molecule has 0 aromatic heterocycles. The van der Waals surface area contributed by atoms with E-state index in [9.17, 15) is 33.6 Å². The van der Waals surface area contributed by atoms with Gasteiger partial charge in [-0.25, -0.2) is 0 Å². The maximum Gasteiger partial charge on any atom is 0.303 e. The number of hydrogen-bond acceptors (Lipinski definition) is 19. The molecule has 0 aromatic carbocycles. The molecule has 0 radical (unpaired) electrons. The van der Waals surface area contributed by atoms with E-state index in [1.807, 2.05) is 0 Å². The molecule has 0 spiro atoms. The Balaban J connectivity index is 2.62. The predicted octanol–water partition coefficient (Wildman–Crippen LogP) is 0.970. The van der Waals surface area contributed by atoms with Crippen molar-refractivity contribution in [2.45, 2.75) is 114 Å². The van der Waals surface area contributed by atoms with E-state index in [4.69, 9.17) is 92.3 Å². The normalized spacial score (nSPS) is 29.3. The van der Waals surface area contributed by atoms with Gasteiger partial charge in [0.1, 0.15) is 18.8 Å². The third-order valence-electron chi connectivity index (χ3n) is 6.36. The number of carbonyl (C=O) groups is 7. The summed E-state index contributed by atoms with van der Waals surface area (Å²) in [5.74, 6) is -7.29. The van der Waals surface area contributed by atoms with Crippen LogP contribution in [0.1, 0.15) is 48.5 Å². The molecule has 10 atom stereocenters. The molecule has 0 bridgehead atoms. The molecule has 2 rings (SSSR count). The van der Waals surface area contributed by atoms with Crippen molar-refractivity contribution in [3.8, 4) is 0 Å². The summed E-state index contributed by atoms with van der Waals surface area (Å²) in [6.07, 6.45) is -16.3. The summed E-state index contributed by atoms with van der Waals surface area (Å²) in [6, 6.07) is 0. The second kappa shape index (κ2) is 18.7. The second-order valence-corrected chi connectivity index (χ2v) is 12.9. The van der Waals surface area contributed by atoms with Crippen molar-refractivity contribution in [1.29, 1.82) is 5.41 Å². The van der Waals surface area contributed by atoms with Crippen LogP contribution < -0.4 is 0 Å². The summed E-state index contributed by atoms with van der Waals surface area (Å²) in [6.45, 7) is 5.83. The lowest BCUT2D eigenvalue weighted by atomic mass is 9.97. The first-order valence-corrected chi connectivity index (χ1v) is 15.7. The van der Waals surface area contributed by atoms with E-state index in [1.54, 1.807) is 0 Å². The first kappa shape index (κ1) is 42.7. The molecule has 2 aliphatic heterocycles. The lowest BCUT2D eigenvalue weighted by molar-refractivity contribution is -0.328. The molecule has 19 nitrogen and oxygen atoms in total. The van der Waals surface area contributed by atoms with Gasteiger partial charge in [0, 0.05) is 48.5 Å². The number of hydrogen-bond donors (Lipinski definition) is 1. The zero-order valence-electron chi connectivity index (χ0n) is 27.7. The highest BCUT2D eigenvalue weighted by Gasteiger charge is 2.56. The highest BCUT2D eigenvalue weighted by molar-refractivity contribution is 6.76. The molecule has 1 N–H and O–H groups in total. The van der Waals surface area contributed by atoms with E-state index in [2.05, 4.69) is 0 Å². The van der Waals surface area contributed by atoms with Gasteiger partial charge in [0.15, 0.2) is 36.8 Å². The summed E-state index contributed by atoms with van der Waals surface area (Å²) in [5, 5.41) is 8.03. The molecule has 0 saturated carbocycles. The Labute approximate surface area is 300 Å². The first-order valence-electron chi connectivity index (χ1n) is 14.5. The summed E-state index contributed by atoms with van der Waals surface area (Å²) in [5.41, 5.74) is 0. The van der Waals surface area contributed by atoms with E-state index in [1.165, 1.54) is 0 Å². The maximum absolute atomic E-state index is 12.2. The minimum absolute atomic E-state index is 0.568. The molecule has 282 valence electrons. The van der Waals surface area contributed by atoms with Crippen LogP contribution in [0.25, 0.3) is 0 Å². The van der Waals surface area contributed by atoms with E-state index >= 15 is 0 Å². The fourth-order valence-corrected chi connectivity index (χ4v) is 4.91. The maximum atomic E-state index is 12.2. The minimum Gasteiger partial charge on any atom is -0.463 e. The van der Waals surface area contributed by atoms with Crippen LogP contribution >= 0.6 is 34.8 Å². The number of ether oxygens (including phenoxy) is 11. The molecule has 1 unspecified atom stereocenters. The average molecular weight is 781 g/mol. The summed E-state index contributed by atoms with van der Waals surface area (Å²) < 4.78 is 57.7. The minimum atomic E-state index is -2.45. The van der Waals surface area contributed by atoms with Crippen molar-refractivity contribution < 1.29 is 85.7 Å². The Morgan fingerprint density at radius 1 is 0.500 bits per heavy atom. The summed E-state index contributed by atoms with van der Waals surface area (Å²) in [4.78, 5) is 84.5. The third-order valence-corrected chi connectivity index (χ3v) is 6.88. The lowest BCUT2D eigenvalue weighted by Crippen LogP contribution is -2.65. The van der Waals surface area contributed by atoms with Gasteiger partial charge in [-0.3, -0.25) is 39.0 Å². The quantitative estimate of drug-likeness (QED) is 0.0953. The Morgan fingerprint density at radius 2 is 0.840 bits per heavy atom. The van der Waals surface area contributed by atoms with Crippen molar-refractivity contribution >= 4 is 82.5 Å². The largest absolute Gasteiger partial charge is 0.463 e. The summed E-state index contributed by atoms with van der Waals surface area (Å²) >= 11 is 17.3. The van der Waals surface area contributed by atoms with E-state index in [0.29, 0.717) is 0 Å². The summed E-state index contributed by atoms with van der Waals surface area (Å²) in [7, 11) is 0. The molecular formula is C28H36Cl3NO18. The number of carbonyl (C=O) groups excluding carboxylic acids is 7. The van der Waals surface area contributed by atoms with Crippen molar-refractivity contribution in [2.24, 2.45) is 0 Å². The Kier molecular flexibility index (Phi) is 15.9. The molecule has 2 saturated heterocycles. The van der Waals surface area contributed by atoms with Crippen LogP contribution in [0.5, 0.6) is 0 Å². The highest BCUT2D eigenvalue weighted by atomic mass is 35.6. The van der Waals surface area contributed by atoms with Gasteiger partial charge in [0.2, 0.25) is 18.3 Å². The van der Waals surface area contributed by atoms with E-state index in [-0.39, 0.29) is 0 Å². The van der Waals surface area contributed by atoms with Crippen LogP contribution in [-0.2, 0) is 85.7 Å². The van der Waals surface area contributed by atoms with Gasteiger partial charge in [-0.2, -0.15) is 0 Å². The fraction of sp³-hybridized carbons (Fsp3) is 0.714. The zero-order chi connectivity index (χ0) is 38.1. The number of esters is 7. The molecule has 0 aromatic rings. The Bertz CT molecular complexity index is 1310. The van der Waals surface area contributed by atoms with Crippen LogP contribution in [0.4, 0.5) is 0 Å². The van der Waals surface area contributed by atoms with Crippen molar-refractivity contribution in [3.05, 3.63) is 0 Å². The number of rotatable bonds is 12. The van der Waals surface area contributed by atoms with Gasteiger partial charge >= 0.3 is 41.8 Å². The monoisotopic (exact) mass is 779 g/mol. The van der Waals surface area contributed by atoms with Crippen LogP contribution in [0.15, 0.2) is 0 Å². The Hall–Kier alpha value is -3.49. The van der Waals surface area contributed by atoms with Crippen molar-refractivity contribution in [2.75, 3.05) is 13.2 Å². The van der Waals surface area contributed by atoms with Crippen molar-refractivity contribution in [3.63, 3.8) is 0 Å². The average Bonchev–Trinajstić information content (AvgIpc) is 2.94. The molecular weight excluding hydrogens is 745 g/mol. The number of alkyl halides is 3. The van der Waals surface area contributed by atoms with Crippen LogP contribution in [0.3, 0.4) is 0 Å². The standard InChI is InChI=1S/C28H36Cl3NO18/c1-10(33)40-8-17-19(42-11(2)34)21(44-13(4)36)23(46-15(6)38)25(48-17)41-9-18-20(43-12(3)35)22(45-14(5)37)24(47-16(7)39)26(49-18)50-27(32)28(29,30)31/h17-26,32H,8-9H2,1-7H3/t17-,18-,19-,20-,21+,22+,23-,24-,25-,26?/m1/s1. The van der Waals surface area contributed by atoms with Gasteiger partial charge in [-0.05, 0) is 0 Å². The Morgan fingerprint density at radius 3 is 1.22 bits per heavy atom.